The molecule has 1 aromatic carbocycles. The van der Waals surface area contributed by atoms with Gasteiger partial charge in [-0.3, -0.25) is 0 Å². The second kappa shape index (κ2) is 5.65. The topological polar surface area (TPSA) is 56.7 Å². The van der Waals surface area contributed by atoms with Crippen LogP contribution in [0.4, 0.5) is 5.69 Å². The number of fused-ring (bicyclic) bond motifs is 1. The first-order valence-electron chi connectivity index (χ1n) is 6.73. The van der Waals surface area contributed by atoms with Crippen LogP contribution >= 0.6 is 11.8 Å². The number of para-hydroxylation sites is 1. The summed E-state index contributed by atoms with van der Waals surface area (Å²) in [5.41, 5.74) is 7.98. The third kappa shape index (κ3) is 2.76. The van der Waals surface area contributed by atoms with Crippen molar-refractivity contribution in [1.82, 2.24) is 14.8 Å². The fourth-order valence-electron chi connectivity index (χ4n) is 2.37. The van der Waals surface area contributed by atoms with Gasteiger partial charge in [-0.15, -0.1) is 10.2 Å². The van der Waals surface area contributed by atoms with Crippen LogP contribution in [0.25, 0.3) is 0 Å². The number of aryl methyl sites for hydroxylation is 1. The normalized spacial score (nSPS) is 14.9. The third-order valence-electron chi connectivity index (χ3n) is 3.49. The number of benzene rings is 1. The Hall–Kier alpha value is -1.49. The van der Waals surface area contributed by atoms with E-state index in [0.29, 0.717) is 0 Å². The van der Waals surface area contributed by atoms with Crippen molar-refractivity contribution in [3.63, 3.8) is 0 Å². The number of anilines is 1. The summed E-state index contributed by atoms with van der Waals surface area (Å²) >= 11 is 1.73. The molecule has 1 aliphatic heterocycles. The second-order valence-corrected chi connectivity index (χ2v) is 5.79. The van der Waals surface area contributed by atoms with Gasteiger partial charge in [-0.25, -0.2) is 0 Å². The van der Waals surface area contributed by atoms with Crippen LogP contribution in [0.15, 0.2) is 29.4 Å². The van der Waals surface area contributed by atoms with E-state index in [4.69, 9.17) is 5.73 Å². The van der Waals surface area contributed by atoms with Crippen molar-refractivity contribution in [2.45, 2.75) is 43.1 Å². The van der Waals surface area contributed by atoms with E-state index in [-0.39, 0.29) is 0 Å². The molecule has 0 saturated heterocycles. The SMILES string of the molecule is Nc1ccccc1CSc1nnc2n1CCCCC2. The maximum Gasteiger partial charge on any atom is 0.191 e. The molecule has 0 saturated carbocycles. The van der Waals surface area contributed by atoms with E-state index in [2.05, 4.69) is 20.8 Å². The highest BCUT2D eigenvalue weighted by molar-refractivity contribution is 7.98. The quantitative estimate of drug-likeness (QED) is 0.690. The first-order valence-corrected chi connectivity index (χ1v) is 7.71. The van der Waals surface area contributed by atoms with Crippen molar-refractivity contribution in [2.24, 2.45) is 0 Å². The van der Waals surface area contributed by atoms with Crippen molar-refractivity contribution in [2.75, 3.05) is 5.73 Å². The zero-order chi connectivity index (χ0) is 13.1. The highest BCUT2D eigenvalue weighted by atomic mass is 32.2. The summed E-state index contributed by atoms with van der Waals surface area (Å²) in [6.07, 6.45) is 4.81. The molecule has 1 aliphatic rings. The standard InChI is InChI=1S/C14H18N4S/c15-12-7-4-3-6-11(12)10-19-14-17-16-13-8-2-1-5-9-18(13)14/h3-4,6-7H,1-2,5,8-10,15H2. The van der Waals surface area contributed by atoms with Crippen LogP contribution in [0, 0.1) is 0 Å². The van der Waals surface area contributed by atoms with Crippen molar-refractivity contribution in [3.8, 4) is 0 Å². The fraction of sp³-hybridized carbons (Fsp3) is 0.429. The lowest BCUT2D eigenvalue weighted by molar-refractivity contribution is 0.591. The van der Waals surface area contributed by atoms with Crippen LogP contribution in [-0.4, -0.2) is 14.8 Å². The molecule has 0 spiro atoms. The van der Waals surface area contributed by atoms with Crippen LogP contribution in [0.2, 0.25) is 0 Å². The fourth-order valence-corrected chi connectivity index (χ4v) is 3.37. The smallest absolute Gasteiger partial charge is 0.191 e. The maximum atomic E-state index is 5.97. The third-order valence-corrected chi connectivity index (χ3v) is 4.50. The minimum absolute atomic E-state index is 0.852. The van der Waals surface area contributed by atoms with Crippen LogP contribution < -0.4 is 5.73 Å². The molecule has 0 bridgehead atoms. The molecule has 0 fully saturated rings. The Morgan fingerprint density at radius 2 is 2.05 bits per heavy atom. The molecule has 3 rings (SSSR count). The number of nitrogens with zero attached hydrogens (tertiary/aromatic N) is 3. The lowest BCUT2D eigenvalue weighted by atomic mass is 10.2. The van der Waals surface area contributed by atoms with Crippen LogP contribution in [0.5, 0.6) is 0 Å². The van der Waals surface area contributed by atoms with E-state index in [9.17, 15) is 0 Å². The van der Waals surface area contributed by atoms with Gasteiger partial charge in [-0.2, -0.15) is 0 Å². The zero-order valence-corrected chi connectivity index (χ0v) is 11.7. The van der Waals surface area contributed by atoms with Crippen molar-refractivity contribution < 1.29 is 0 Å². The molecule has 2 N–H and O–H groups in total. The molecule has 100 valence electrons. The summed E-state index contributed by atoms with van der Waals surface area (Å²) in [5.74, 6) is 1.99. The van der Waals surface area contributed by atoms with Crippen molar-refractivity contribution in [1.29, 1.82) is 0 Å². The zero-order valence-electron chi connectivity index (χ0n) is 10.9. The highest BCUT2D eigenvalue weighted by Crippen LogP contribution is 2.26. The summed E-state index contributed by atoms with van der Waals surface area (Å²) in [6, 6.07) is 8.01. The van der Waals surface area contributed by atoms with Crippen LogP contribution in [0.1, 0.15) is 30.7 Å². The van der Waals surface area contributed by atoms with E-state index in [0.717, 1.165) is 35.4 Å². The molecule has 0 atom stereocenters. The van der Waals surface area contributed by atoms with Gasteiger partial charge in [0.15, 0.2) is 5.16 Å². The van der Waals surface area contributed by atoms with Gasteiger partial charge >= 0.3 is 0 Å². The highest BCUT2D eigenvalue weighted by Gasteiger charge is 2.15. The monoisotopic (exact) mass is 274 g/mol. The number of rotatable bonds is 3. The number of thioether (sulfide) groups is 1. The van der Waals surface area contributed by atoms with Gasteiger partial charge < -0.3 is 10.3 Å². The summed E-state index contributed by atoms with van der Waals surface area (Å²) in [4.78, 5) is 0. The minimum Gasteiger partial charge on any atom is -0.398 e. The second-order valence-electron chi connectivity index (χ2n) is 4.85. The average Bonchev–Trinajstić information content (AvgIpc) is 2.66. The molecule has 1 aromatic heterocycles. The van der Waals surface area contributed by atoms with Gasteiger partial charge in [0, 0.05) is 24.4 Å². The Morgan fingerprint density at radius 1 is 1.16 bits per heavy atom. The Labute approximate surface area is 117 Å². The molecule has 0 aliphatic carbocycles. The van der Waals surface area contributed by atoms with Gasteiger partial charge in [0.05, 0.1) is 0 Å². The van der Waals surface area contributed by atoms with Gasteiger partial charge in [-0.05, 0) is 24.5 Å². The van der Waals surface area contributed by atoms with Crippen LogP contribution in [0.3, 0.4) is 0 Å². The Balaban J connectivity index is 1.74. The predicted octanol–water partition coefficient (Wildman–Crippen LogP) is 2.88. The minimum atomic E-state index is 0.852. The van der Waals surface area contributed by atoms with Gasteiger partial charge in [-0.1, -0.05) is 36.4 Å². The largest absolute Gasteiger partial charge is 0.398 e. The van der Waals surface area contributed by atoms with Crippen molar-refractivity contribution >= 4 is 17.4 Å². The molecule has 2 heterocycles. The van der Waals surface area contributed by atoms with Gasteiger partial charge in [0.25, 0.3) is 0 Å². The first kappa shape index (κ1) is 12.5. The number of nitrogen functional groups attached to an aromatic ring is 1. The predicted molar refractivity (Wildman–Crippen MR) is 78.0 cm³/mol. The Morgan fingerprint density at radius 3 is 2.95 bits per heavy atom. The number of aromatic nitrogens is 3. The lowest BCUT2D eigenvalue weighted by Crippen LogP contribution is -2.02. The molecular formula is C14H18N4S. The molecule has 0 unspecified atom stereocenters. The number of hydrogen-bond acceptors (Lipinski definition) is 4. The summed E-state index contributed by atoms with van der Waals surface area (Å²) < 4.78 is 2.27. The molecular weight excluding hydrogens is 256 g/mol. The number of hydrogen-bond donors (Lipinski definition) is 1. The van der Waals surface area contributed by atoms with Gasteiger partial charge in [0.1, 0.15) is 5.82 Å². The lowest BCUT2D eigenvalue weighted by Gasteiger charge is -2.07. The summed E-state index contributed by atoms with van der Waals surface area (Å²) in [6.45, 7) is 1.05. The molecule has 5 heteroatoms. The van der Waals surface area contributed by atoms with Crippen LogP contribution in [-0.2, 0) is 18.7 Å². The van der Waals surface area contributed by atoms with E-state index in [1.54, 1.807) is 11.8 Å². The van der Waals surface area contributed by atoms with E-state index in [1.807, 2.05) is 18.2 Å². The van der Waals surface area contributed by atoms with E-state index in [1.165, 1.54) is 24.8 Å². The van der Waals surface area contributed by atoms with Gasteiger partial charge in [0.2, 0.25) is 0 Å². The van der Waals surface area contributed by atoms with Crippen molar-refractivity contribution in [3.05, 3.63) is 35.7 Å². The molecule has 0 amide bonds. The van der Waals surface area contributed by atoms with E-state index >= 15 is 0 Å². The molecule has 4 nitrogen and oxygen atoms in total. The maximum absolute atomic E-state index is 5.97. The first-order chi connectivity index (χ1) is 9.34. The summed E-state index contributed by atoms with van der Waals surface area (Å²) in [5, 5.41) is 9.66. The number of nitrogens with two attached hydrogens (primary N) is 1. The molecule has 0 radical (unpaired) electrons. The molecule has 2 aromatic rings. The Kier molecular flexibility index (Phi) is 3.73. The average molecular weight is 274 g/mol. The summed E-state index contributed by atoms with van der Waals surface area (Å²) in [7, 11) is 0. The Bertz CT molecular complexity index is 564. The molecule has 19 heavy (non-hydrogen) atoms. The van der Waals surface area contributed by atoms with E-state index < -0.39 is 0 Å².